The van der Waals surface area contributed by atoms with Crippen LogP contribution in [0.5, 0.6) is 0 Å². The molecule has 4 aliphatic carbocycles. The number of piperidine rings is 5. The molecule has 4 saturated carbocycles. The number of para-hydroxylation sites is 4. The highest BCUT2D eigenvalue weighted by molar-refractivity contribution is 5.93. The number of nitrogens with zero attached hydrogens (tertiary/aromatic N) is 6. The zero-order chi connectivity index (χ0) is 71.0. The van der Waals surface area contributed by atoms with Crippen LogP contribution in [0.25, 0.3) is 0 Å². The molecule has 0 aromatic heterocycles. The number of ether oxygens (including phenoxy) is 5. The third kappa shape index (κ3) is 16.7. The van der Waals surface area contributed by atoms with Gasteiger partial charge in [0.05, 0.1) is 35.4 Å². The molecule has 554 valence electrons. The summed E-state index contributed by atoms with van der Waals surface area (Å²) >= 11 is 0. The average molecular weight is 1410 g/mol. The molecule has 0 unspecified atom stereocenters. The largest absolute Gasteiger partial charge is 0.447 e. The minimum atomic E-state index is -0.517. The molecule has 4 aromatic carbocycles. The number of hydrogen-bond acceptors (Lipinski definition) is 14. The zero-order valence-electron chi connectivity index (χ0n) is 61.6. The minimum absolute atomic E-state index is 0.0842. The van der Waals surface area contributed by atoms with Crippen LogP contribution in [0.2, 0.25) is 0 Å². The van der Waals surface area contributed by atoms with Crippen LogP contribution in [0, 0.1) is 29.6 Å². The Hall–Kier alpha value is -7.37. The van der Waals surface area contributed by atoms with Crippen LogP contribution in [-0.2, 0) is 46.1 Å². The number of likely N-dealkylation sites (tertiary alicyclic amines) is 5. The number of hydrogen-bond donors (Lipinski definition) is 3. The van der Waals surface area contributed by atoms with Crippen LogP contribution >= 0.6 is 0 Å². The first kappa shape index (κ1) is 72.6. The SMILES string of the molecule is CC#CCN1C(=O)OC2(CCN(C3CCCCCC3)CC2)c2ccccc21.CC(C)OC(=O)N1CCC(N2CCC3(CC2)OC(=O)Nc2ccccc23)CC1.O=C1Nc2ccccc2C2(CCN(C3CCC(C4CCCCC4)CC3)CC2)O1.O=C1Nc2ccccc2C2(CCN(CC3CC3)CC2)O1. The molecule has 4 spiro atoms. The summed E-state index contributed by atoms with van der Waals surface area (Å²) in [6, 6.07) is 34.3. The van der Waals surface area contributed by atoms with Crippen LogP contribution < -0.4 is 20.9 Å². The van der Waals surface area contributed by atoms with Crippen molar-refractivity contribution in [3.63, 3.8) is 0 Å². The highest BCUT2D eigenvalue weighted by atomic mass is 16.6. The standard InChI is InChI=1S/C24H34N2O2.C23H30N2O2.C21H29N3O4.C16H20N2O2/c27-23-25-22-9-5-4-8-21(22)24(28-23)14-16-26(17-15-24)20-12-10-19(11-13-20)18-6-2-1-3-7-18;1-2-3-16-25-21-13-9-8-12-20(21)23(27-22(25)26)14-17-24(18-15-23)19-10-6-4-5-7-11-19;1-15(2)27-20(26)24-11-7-16(8-12-24)23-13-9-21(10-14-23)17-5-3-4-6-18(17)22-19(25)28-21;19-15-17-14-4-2-1-3-13(14)16(20-15)7-9-18(10-8-16)11-12-5-6-12/h4-5,8-9,18-20H,1-3,6-7,10-17H2,(H,25,27);8-9,12-13,19H,4-7,10-11,14-18H2,1H3;3-6,15-16H,7-14H2,1-2H3,(H,22,25);1-4,12H,5-11H2,(H,17,19). The van der Waals surface area contributed by atoms with Gasteiger partial charge < -0.3 is 43.3 Å². The summed E-state index contributed by atoms with van der Waals surface area (Å²) in [6.45, 7) is 16.6. The Morgan fingerprint density at radius 1 is 0.456 bits per heavy atom. The van der Waals surface area contributed by atoms with E-state index in [9.17, 15) is 24.0 Å². The third-order valence-corrected chi connectivity index (χ3v) is 25.6. The molecule has 5 saturated heterocycles. The van der Waals surface area contributed by atoms with E-state index in [1.54, 1.807) is 11.8 Å². The summed E-state index contributed by atoms with van der Waals surface area (Å²) in [5, 5.41) is 8.49. The molecule has 3 N–H and O–H groups in total. The van der Waals surface area contributed by atoms with Gasteiger partial charge in [-0.2, -0.15) is 0 Å². The van der Waals surface area contributed by atoms with Crippen molar-refractivity contribution in [3.05, 3.63) is 119 Å². The zero-order valence-corrected chi connectivity index (χ0v) is 61.6. The fourth-order valence-electron chi connectivity index (χ4n) is 19.7. The lowest BCUT2D eigenvalue weighted by Gasteiger charge is -2.48. The predicted molar refractivity (Wildman–Crippen MR) is 401 cm³/mol. The average Bonchev–Trinajstić information content (AvgIpc) is 1.40. The summed E-state index contributed by atoms with van der Waals surface area (Å²) in [6.07, 6.45) is 31.3. The van der Waals surface area contributed by atoms with E-state index in [1.807, 2.05) is 79.4 Å². The number of amides is 5. The van der Waals surface area contributed by atoms with Gasteiger partial charge in [0, 0.05) is 164 Å². The van der Waals surface area contributed by atoms with Crippen molar-refractivity contribution in [1.82, 2.24) is 24.5 Å². The number of carbonyl (C=O) groups excluding carboxylic acids is 5. The van der Waals surface area contributed by atoms with Crippen LogP contribution in [0.4, 0.5) is 46.7 Å². The number of anilines is 4. The van der Waals surface area contributed by atoms with Gasteiger partial charge in [-0.1, -0.05) is 137 Å². The van der Waals surface area contributed by atoms with Crippen LogP contribution in [0.3, 0.4) is 0 Å². The third-order valence-electron chi connectivity index (χ3n) is 25.6. The van der Waals surface area contributed by atoms with E-state index >= 15 is 0 Å². The van der Waals surface area contributed by atoms with Crippen LogP contribution in [0.15, 0.2) is 97.1 Å². The van der Waals surface area contributed by atoms with Gasteiger partial charge >= 0.3 is 30.5 Å². The van der Waals surface area contributed by atoms with E-state index in [4.69, 9.17) is 23.7 Å². The van der Waals surface area contributed by atoms with E-state index in [1.165, 1.54) is 116 Å². The number of fused-ring (bicyclic) bond motifs is 8. The molecule has 19 nitrogen and oxygen atoms in total. The quantitative estimate of drug-likeness (QED) is 0.0859. The van der Waals surface area contributed by atoms with Crippen molar-refractivity contribution in [2.75, 3.05) is 99.4 Å². The van der Waals surface area contributed by atoms with Crippen molar-refractivity contribution in [2.45, 2.75) is 241 Å². The highest BCUT2D eigenvalue weighted by Gasteiger charge is 2.51. The van der Waals surface area contributed by atoms with Crippen molar-refractivity contribution in [3.8, 4) is 11.8 Å². The molecule has 19 heteroatoms. The molecule has 17 rings (SSSR count). The topological polar surface area (TPSA) is 187 Å². The summed E-state index contributed by atoms with van der Waals surface area (Å²) in [5.41, 5.74) is 6.42. The molecule has 9 fully saturated rings. The Morgan fingerprint density at radius 2 is 0.845 bits per heavy atom. The molecule has 9 heterocycles. The lowest BCUT2D eigenvalue weighted by molar-refractivity contribution is -0.0511. The van der Waals surface area contributed by atoms with Crippen molar-refractivity contribution in [1.29, 1.82) is 0 Å². The molecule has 103 heavy (non-hydrogen) atoms. The lowest BCUT2D eigenvalue weighted by atomic mass is 9.72. The molecule has 0 atom stereocenters. The highest BCUT2D eigenvalue weighted by Crippen LogP contribution is 2.50. The minimum Gasteiger partial charge on any atom is -0.447 e. The van der Waals surface area contributed by atoms with E-state index < -0.39 is 22.4 Å². The van der Waals surface area contributed by atoms with E-state index in [2.05, 4.69) is 83.8 Å². The molecule has 9 aliphatic heterocycles. The second-order valence-corrected chi connectivity index (χ2v) is 32.2. The van der Waals surface area contributed by atoms with Gasteiger partial charge in [0.25, 0.3) is 0 Å². The molecule has 5 amide bonds. The normalized spacial score (nSPS) is 25.5. The first-order valence-corrected chi connectivity index (χ1v) is 39.9. The second-order valence-electron chi connectivity index (χ2n) is 32.2. The van der Waals surface area contributed by atoms with Crippen molar-refractivity contribution < 1.29 is 47.7 Å². The number of nitrogens with one attached hydrogen (secondary N) is 3. The van der Waals surface area contributed by atoms with Crippen LogP contribution in [0.1, 0.15) is 216 Å². The monoisotopic (exact) mass is 1410 g/mol. The Kier molecular flexibility index (Phi) is 22.9. The maximum Gasteiger partial charge on any atom is 0.416 e. The Morgan fingerprint density at radius 3 is 1.30 bits per heavy atom. The van der Waals surface area contributed by atoms with Crippen molar-refractivity contribution >= 4 is 53.2 Å². The number of carbonyl (C=O) groups is 5. The van der Waals surface area contributed by atoms with Gasteiger partial charge in [-0.3, -0.25) is 25.8 Å². The van der Waals surface area contributed by atoms with Crippen LogP contribution in [-0.4, -0.2) is 158 Å². The maximum absolute atomic E-state index is 12.8. The predicted octanol–water partition coefficient (Wildman–Crippen LogP) is 16.9. The summed E-state index contributed by atoms with van der Waals surface area (Å²) in [7, 11) is 0. The first-order valence-electron chi connectivity index (χ1n) is 39.9. The fraction of sp³-hybridized carbons (Fsp3) is 0.631. The van der Waals surface area contributed by atoms with Gasteiger partial charge in [-0.25, -0.2) is 24.0 Å². The van der Waals surface area contributed by atoms with Gasteiger partial charge in [0.1, 0.15) is 22.4 Å². The second kappa shape index (κ2) is 32.6. The smallest absolute Gasteiger partial charge is 0.416 e. The van der Waals surface area contributed by atoms with E-state index in [0.29, 0.717) is 12.6 Å². The van der Waals surface area contributed by atoms with Gasteiger partial charge in [-0.05, 0) is 127 Å². The van der Waals surface area contributed by atoms with Crippen molar-refractivity contribution in [2.24, 2.45) is 17.8 Å². The lowest BCUT2D eigenvalue weighted by Crippen LogP contribution is -2.53. The summed E-state index contributed by atoms with van der Waals surface area (Å²) < 4.78 is 28.9. The Bertz CT molecular complexity index is 3640. The summed E-state index contributed by atoms with van der Waals surface area (Å²) in [4.78, 5) is 74.7. The molecular weight excluding hydrogens is 1290 g/mol. The van der Waals surface area contributed by atoms with E-state index in [-0.39, 0.29) is 36.6 Å². The summed E-state index contributed by atoms with van der Waals surface area (Å²) in [5.74, 6) is 8.81. The molecule has 13 aliphatic rings. The van der Waals surface area contributed by atoms with Gasteiger partial charge in [0.2, 0.25) is 0 Å². The van der Waals surface area contributed by atoms with Gasteiger partial charge in [0.15, 0.2) is 0 Å². The molecule has 4 aromatic rings. The Labute approximate surface area is 611 Å². The Balaban J connectivity index is 0.000000117. The molecule has 0 radical (unpaired) electrons. The first-order chi connectivity index (χ1) is 50.2. The van der Waals surface area contributed by atoms with Gasteiger partial charge in [-0.15, -0.1) is 5.92 Å². The maximum atomic E-state index is 12.8. The molecule has 0 bridgehead atoms. The fourth-order valence-corrected chi connectivity index (χ4v) is 19.7. The number of benzene rings is 4. The van der Waals surface area contributed by atoms with E-state index in [0.717, 1.165) is 204 Å². The number of rotatable bonds is 8. The molecular formula is C84H113N9O10.